The maximum absolute atomic E-state index is 5.23. The van der Waals surface area contributed by atoms with Crippen LogP contribution in [0.4, 0.5) is 5.82 Å². The Labute approximate surface area is 105 Å². The van der Waals surface area contributed by atoms with E-state index >= 15 is 0 Å². The van der Waals surface area contributed by atoms with E-state index < -0.39 is 0 Å². The van der Waals surface area contributed by atoms with E-state index in [4.69, 9.17) is 4.74 Å². The van der Waals surface area contributed by atoms with Gasteiger partial charge in [0.05, 0.1) is 12.8 Å². The first-order chi connectivity index (χ1) is 8.79. The minimum atomic E-state index is -0.0418. The molecule has 3 rings (SSSR count). The van der Waals surface area contributed by atoms with Gasteiger partial charge in [-0.1, -0.05) is 6.07 Å². The molecule has 1 N–H and O–H groups in total. The zero-order chi connectivity index (χ0) is 12.5. The van der Waals surface area contributed by atoms with E-state index in [9.17, 15) is 0 Å². The molecule has 1 aromatic rings. The fraction of sp³-hybridized carbons (Fsp3) is 0.231. The molecule has 0 saturated carbocycles. The molecule has 2 aliphatic rings. The number of aromatic nitrogens is 1. The van der Waals surface area contributed by atoms with E-state index in [0.717, 1.165) is 23.2 Å². The molecule has 3 heterocycles. The first-order valence-electron chi connectivity index (χ1n) is 5.77. The molecule has 1 atom stereocenters. The average Bonchev–Trinajstić information content (AvgIpc) is 2.74. The van der Waals surface area contributed by atoms with Crippen molar-refractivity contribution < 1.29 is 4.74 Å². The summed E-state index contributed by atoms with van der Waals surface area (Å²) in [4.78, 5) is 11.0. The van der Waals surface area contributed by atoms with Crippen LogP contribution in [-0.2, 0) is 4.74 Å². The average molecular weight is 242 g/mol. The Bertz CT molecular complexity index is 547. The Morgan fingerprint density at radius 3 is 2.94 bits per heavy atom. The molecule has 0 bridgehead atoms. The Hall–Kier alpha value is -2.30. The summed E-state index contributed by atoms with van der Waals surface area (Å²) in [5.74, 6) is 2.52. The maximum atomic E-state index is 5.23. The lowest BCUT2D eigenvalue weighted by molar-refractivity contribution is 0.252. The van der Waals surface area contributed by atoms with Gasteiger partial charge in [0, 0.05) is 6.20 Å². The summed E-state index contributed by atoms with van der Waals surface area (Å²) in [7, 11) is 1.64. The van der Waals surface area contributed by atoms with Crippen LogP contribution in [0.5, 0.6) is 0 Å². The summed E-state index contributed by atoms with van der Waals surface area (Å²) in [6.07, 6.45) is 5.58. The van der Waals surface area contributed by atoms with Crippen LogP contribution < -0.4 is 10.2 Å². The molecule has 5 heteroatoms. The molecule has 5 nitrogen and oxygen atoms in total. The van der Waals surface area contributed by atoms with Crippen LogP contribution in [0.1, 0.15) is 6.92 Å². The van der Waals surface area contributed by atoms with Crippen LogP contribution in [0.2, 0.25) is 0 Å². The topological polar surface area (TPSA) is 49.8 Å². The number of fused-ring (bicyclic) bond motifs is 1. The molecule has 1 unspecified atom stereocenters. The summed E-state index contributed by atoms with van der Waals surface area (Å²) < 4.78 is 5.23. The Morgan fingerprint density at radius 2 is 2.22 bits per heavy atom. The number of amidine groups is 1. The van der Waals surface area contributed by atoms with E-state index in [2.05, 4.69) is 20.2 Å². The van der Waals surface area contributed by atoms with Crippen molar-refractivity contribution in [3.63, 3.8) is 0 Å². The lowest BCUT2D eigenvalue weighted by Crippen LogP contribution is -2.46. The number of hydrogen-bond donors (Lipinski definition) is 1. The van der Waals surface area contributed by atoms with Gasteiger partial charge in [-0.05, 0) is 31.2 Å². The van der Waals surface area contributed by atoms with E-state index in [1.807, 2.05) is 37.3 Å². The number of pyridine rings is 1. The molecule has 0 saturated heterocycles. The molecule has 18 heavy (non-hydrogen) atoms. The number of ether oxygens (including phenoxy) is 1. The first-order valence-corrected chi connectivity index (χ1v) is 5.77. The Kier molecular flexibility index (Phi) is 2.51. The zero-order valence-electron chi connectivity index (χ0n) is 10.3. The smallest absolute Gasteiger partial charge is 0.188 e. The maximum Gasteiger partial charge on any atom is 0.188 e. The van der Waals surface area contributed by atoms with Crippen LogP contribution >= 0.6 is 0 Å². The van der Waals surface area contributed by atoms with Crippen molar-refractivity contribution in [3.05, 3.63) is 48.1 Å². The second kappa shape index (κ2) is 4.18. The predicted molar refractivity (Wildman–Crippen MR) is 69.9 cm³/mol. The highest BCUT2D eigenvalue weighted by Crippen LogP contribution is 2.27. The van der Waals surface area contributed by atoms with Crippen molar-refractivity contribution in [1.29, 1.82) is 0 Å². The van der Waals surface area contributed by atoms with Crippen LogP contribution in [0.15, 0.2) is 53.1 Å². The van der Waals surface area contributed by atoms with Crippen molar-refractivity contribution in [1.82, 2.24) is 10.3 Å². The Morgan fingerprint density at radius 1 is 1.33 bits per heavy atom. The van der Waals surface area contributed by atoms with Gasteiger partial charge in [0.15, 0.2) is 12.0 Å². The molecule has 0 spiro atoms. The number of allylic oxidation sites excluding steroid dienone is 2. The van der Waals surface area contributed by atoms with Gasteiger partial charge in [-0.25, -0.2) is 9.98 Å². The summed E-state index contributed by atoms with van der Waals surface area (Å²) in [5.41, 5.74) is 0.971. The van der Waals surface area contributed by atoms with Gasteiger partial charge in [-0.15, -0.1) is 0 Å². The van der Waals surface area contributed by atoms with Gasteiger partial charge < -0.3 is 10.1 Å². The van der Waals surface area contributed by atoms with E-state index in [-0.39, 0.29) is 6.17 Å². The van der Waals surface area contributed by atoms with Crippen molar-refractivity contribution in [3.8, 4) is 0 Å². The predicted octanol–water partition coefficient (Wildman–Crippen LogP) is 1.62. The molecule has 0 amide bonds. The molecule has 0 aromatic carbocycles. The third-order valence-corrected chi connectivity index (χ3v) is 2.98. The SMILES string of the molecule is COC1=CC=C2N=C(C)N(c3ccccn3)C2N1. The van der Waals surface area contributed by atoms with Crippen LogP contribution in [0.3, 0.4) is 0 Å². The van der Waals surface area contributed by atoms with E-state index in [1.54, 1.807) is 13.3 Å². The first kappa shape index (κ1) is 10.8. The van der Waals surface area contributed by atoms with Crippen molar-refractivity contribution in [2.24, 2.45) is 4.99 Å². The number of nitrogens with one attached hydrogen (secondary N) is 1. The van der Waals surface area contributed by atoms with E-state index in [1.165, 1.54) is 0 Å². The third-order valence-electron chi connectivity index (χ3n) is 2.98. The quantitative estimate of drug-likeness (QED) is 0.856. The van der Waals surface area contributed by atoms with Gasteiger partial charge in [-0.2, -0.15) is 0 Å². The van der Waals surface area contributed by atoms with Crippen molar-refractivity contribution >= 4 is 11.7 Å². The number of rotatable bonds is 2. The van der Waals surface area contributed by atoms with Crippen molar-refractivity contribution in [2.75, 3.05) is 12.0 Å². The van der Waals surface area contributed by atoms with Crippen molar-refractivity contribution in [2.45, 2.75) is 13.1 Å². The lowest BCUT2D eigenvalue weighted by Gasteiger charge is -2.29. The normalized spacial score (nSPS) is 21.6. The number of hydrogen-bond acceptors (Lipinski definition) is 5. The van der Waals surface area contributed by atoms with Gasteiger partial charge in [0.2, 0.25) is 0 Å². The van der Waals surface area contributed by atoms with Gasteiger partial charge in [0.25, 0.3) is 0 Å². The number of aliphatic imine (C=N–C) groups is 1. The monoisotopic (exact) mass is 242 g/mol. The molecule has 0 aliphatic carbocycles. The highest BCUT2D eigenvalue weighted by atomic mass is 16.5. The summed E-state index contributed by atoms with van der Waals surface area (Å²) >= 11 is 0. The summed E-state index contributed by atoms with van der Waals surface area (Å²) in [5, 5.41) is 3.29. The van der Waals surface area contributed by atoms with Crippen LogP contribution in [0, 0.1) is 0 Å². The van der Waals surface area contributed by atoms with Gasteiger partial charge in [-0.3, -0.25) is 4.90 Å². The molecule has 1 aromatic heterocycles. The summed E-state index contributed by atoms with van der Waals surface area (Å²) in [6, 6.07) is 5.83. The standard InChI is InChI=1S/C13H14N4O/c1-9-15-10-6-7-12(18-2)16-13(10)17(9)11-5-3-4-8-14-11/h3-8,13,16H,1-2H3. The number of nitrogens with zero attached hydrogens (tertiary/aromatic N) is 3. The second-order valence-corrected chi connectivity index (χ2v) is 4.09. The number of methoxy groups -OCH3 is 1. The molecule has 0 fully saturated rings. The highest BCUT2D eigenvalue weighted by molar-refractivity contribution is 5.99. The molecule has 2 aliphatic heterocycles. The highest BCUT2D eigenvalue weighted by Gasteiger charge is 2.33. The minimum absolute atomic E-state index is 0.0418. The fourth-order valence-corrected chi connectivity index (χ4v) is 2.15. The zero-order valence-corrected chi connectivity index (χ0v) is 10.3. The molecule has 92 valence electrons. The minimum Gasteiger partial charge on any atom is -0.482 e. The van der Waals surface area contributed by atoms with Crippen LogP contribution in [0.25, 0.3) is 0 Å². The lowest BCUT2D eigenvalue weighted by atomic mass is 10.2. The number of anilines is 1. The summed E-state index contributed by atoms with van der Waals surface area (Å²) in [6.45, 7) is 1.97. The fourth-order valence-electron chi connectivity index (χ4n) is 2.15. The molecule has 0 radical (unpaired) electrons. The van der Waals surface area contributed by atoms with Gasteiger partial charge >= 0.3 is 0 Å². The Balaban J connectivity index is 1.97. The molecular weight excluding hydrogens is 228 g/mol. The van der Waals surface area contributed by atoms with Gasteiger partial charge in [0.1, 0.15) is 11.7 Å². The number of dihydropyridines is 1. The third kappa shape index (κ3) is 1.64. The largest absolute Gasteiger partial charge is 0.482 e. The van der Waals surface area contributed by atoms with E-state index in [0.29, 0.717) is 0 Å². The van der Waals surface area contributed by atoms with Crippen LogP contribution in [-0.4, -0.2) is 24.1 Å². The second-order valence-electron chi connectivity index (χ2n) is 4.09. The molecular formula is C13H14N4O.